The van der Waals surface area contributed by atoms with Crippen LogP contribution >= 0.6 is 0 Å². The summed E-state index contributed by atoms with van der Waals surface area (Å²) in [6, 6.07) is 2.43. The van der Waals surface area contributed by atoms with E-state index < -0.39 is 17.7 Å². The van der Waals surface area contributed by atoms with Crippen LogP contribution in [0.15, 0.2) is 18.2 Å². The van der Waals surface area contributed by atoms with Crippen LogP contribution in [0.5, 0.6) is 5.75 Å². The van der Waals surface area contributed by atoms with E-state index in [4.69, 9.17) is 9.47 Å². The van der Waals surface area contributed by atoms with E-state index in [2.05, 4.69) is 5.32 Å². The first-order valence-corrected chi connectivity index (χ1v) is 5.99. The quantitative estimate of drug-likeness (QED) is 0.771. The van der Waals surface area contributed by atoms with Crippen molar-refractivity contribution in [2.45, 2.75) is 19.4 Å². The van der Waals surface area contributed by atoms with Crippen molar-refractivity contribution in [1.82, 2.24) is 5.32 Å². The lowest BCUT2D eigenvalue weighted by Gasteiger charge is -2.15. The van der Waals surface area contributed by atoms with Gasteiger partial charge >= 0.3 is 5.97 Å². The van der Waals surface area contributed by atoms with Crippen LogP contribution in [0.4, 0.5) is 8.78 Å². The van der Waals surface area contributed by atoms with Crippen LogP contribution in [0.25, 0.3) is 0 Å². The Morgan fingerprint density at radius 1 is 1.32 bits per heavy atom. The second-order valence-corrected chi connectivity index (χ2v) is 3.84. The summed E-state index contributed by atoms with van der Waals surface area (Å²) < 4.78 is 35.9. The second-order valence-electron chi connectivity index (χ2n) is 3.84. The van der Waals surface area contributed by atoms with Crippen LogP contribution in [-0.4, -0.2) is 32.3 Å². The van der Waals surface area contributed by atoms with Crippen LogP contribution in [0.2, 0.25) is 0 Å². The van der Waals surface area contributed by atoms with Gasteiger partial charge in [-0.1, -0.05) is 0 Å². The molecule has 0 aromatic heterocycles. The maximum Gasteiger partial charge on any atom is 0.323 e. The molecule has 6 heteroatoms. The number of nitrogens with one attached hydrogen (secondary N) is 1. The van der Waals surface area contributed by atoms with Crippen molar-refractivity contribution >= 4 is 5.97 Å². The third-order valence-electron chi connectivity index (χ3n) is 2.43. The fourth-order valence-electron chi connectivity index (χ4n) is 1.53. The molecule has 1 rings (SSSR count). The topological polar surface area (TPSA) is 47.6 Å². The van der Waals surface area contributed by atoms with Gasteiger partial charge in [-0.05, 0) is 14.0 Å². The molecule has 1 aromatic carbocycles. The zero-order valence-corrected chi connectivity index (χ0v) is 10.9. The van der Waals surface area contributed by atoms with Crippen LogP contribution in [0.3, 0.4) is 0 Å². The summed E-state index contributed by atoms with van der Waals surface area (Å²) in [6.07, 6.45) is 0.341. The van der Waals surface area contributed by atoms with Gasteiger partial charge in [0.15, 0.2) is 0 Å². The molecule has 106 valence electrons. The molecule has 0 aliphatic carbocycles. The van der Waals surface area contributed by atoms with Gasteiger partial charge in [0.05, 0.1) is 13.2 Å². The molecule has 0 aliphatic rings. The smallest absolute Gasteiger partial charge is 0.323 e. The molecule has 0 bridgehead atoms. The molecular weight excluding hydrogens is 256 g/mol. The molecule has 19 heavy (non-hydrogen) atoms. The van der Waals surface area contributed by atoms with Crippen LogP contribution in [0.1, 0.15) is 13.3 Å². The lowest BCUT2D eigenvalue weighted by Crippen LogP contribution is -2.36. The molecule has 0 radical (unpaired) electrons. The van der Waals surface area contributed by atoms with Gasteiger partial charge in [0.25, 0.3) is 0 Å². The fraction of sp³-hybridized carbons (Fsp3) is 0.462. The fourth-order valence-corrected chi connectivity index (χ4v) is 1.53. The van der Waals surface area contributed by atoms with Gasteiger partial charge in [0.1, 0.15) is 23.4 Å². The van der Waals surface area contributed by atoms with E-state index in [1.54, 1.807) is 14.0 Å². The molecule has 1 aromatic rings. The van der Waals surface area contributed by atoms with Gasteiger partial charge in [-0.3, -0.25) is 4.79 Å². The number of halogens is 2. The molecule has 1 unspecified atom stereocenters. The summed E-state index contributed by atoms with van der Waals surface area (Å²) in [5.74, 6) is -1.69. The summed E-state index contributed by atoms with van der Waals surface area (Å²) >= 11 is 0. The second kappa shape index (κ2) is 7.68. The highest BCUT2D eigenvalue weighted by Gasteiger charge is 2.17. The first kappa shape index (κ1) is 15.4. The monoisotopic (exact) mass is 273 g/mol. The molecule has 0 spiro atoms. The largest absolute Gasteiger partial charge is 0.493 e. The standard InChI is InChI=1S/C13H17F2NO3/c1-3-18-13(17)12(16-2)4-5-19-11-7-9(14)6-10(15)8-11/h6-8,12,16H,3-5H2,1-2H3. The summed E-state index contributed by atoms with van der Waals surface area (Å²) in [7, 11) is 1.63. The van der Waals surface area contributed by atoms with E-state index in [0.29, 0.717) is 13.0 Å². The Morgan fingerprint density at radius 2 is 1.95 bits per heavy atom. The minimum Gasteiger partial charge on any atom is -0.493 e. The summed E-state index contributed by atoms with van der Waals surface area (Å²) in [4.78, 5) is 11.5. The van der Waals surface area contributed by atoms with E-state index in [0.717, 1.165) is 18.2 Å². The van der Waals surface area contributed by atoms with Gasteiger partial charge in [-0.25, -0.2) is 8.78 Å². The number of rotatable bonds is 7. The predicted octanol–water partition coefficient (Wildman–Crippen LogP) is 1.88. The van der Waals surface area contributed by atoms with Crippen molar-refractivity contribution in [3.05, 3.63) is 29.8 Å². The number of benzene rings is 1. The van der Waals surface area contributed by atoms with E-state index in [-0.39, 0.29) is 18.3 Å². The SMILES string of the molecule is CCOC(=O)C(CCOc1cc(F)cc(F)c1)NC. The zero-order valence-electron chi connectivity index (χ0n) is 10.9. The van der Waals surface area contributed by atoms with Gasteiger partial charge in [0, 0.05) is 24.6 Å². The Labute approximate surface area is 110 Å². The lowest BCUT2D eigenvalue weighted by atomic mass is 10.2. The molecular formula is C13H17F2NO3. The molecule has 0 saturated heterocycles. The van der Waals surface area contributed by atoms with Crippen molar-refractivity contribution in [3.63, 3.8) is 0 Å². The van der Waals surface area contributed by atoms with Gasteiger partial charge in [-0.15, -0.1) is 0 Å². The Kier molecular flexibility index (Phi) is 6.21. The van der Waals surface area contributed by atoms with Gasteiger partial charge in [0.2, 0.25) is 0 Å². The lowest BCUT2D eigenvalue weighted by molar-refractivity contribution is -0.145. The van der Waals surface area contributed by atoms with E-state index in [1.165, 1.54) is 0 Å². The number of hydrogen-bond acceptors (Lipinski definition) is 4. The van der Waals surface area contributed by atoms with Crippen LogP contribution < -0.4 is 10.1 Å². The minimum atomic E-state index is -0.703. The summed E-state index contributed by atoms with van der Waals surface area (Å²) in [6.45, 7) is 2.16. The highest BCUT2D eigenvalue weighted by molar-refractivity contribution is 5.75. The highest BCUT2D eigenvalue weighted by atomic mass is 19.1. The van der Waals surface area contributed by atoms with Crippen molar-refractivity contribution in [3.8, 4) is 5.75 Å². The minimum absolute atomic E-state index is 0.0937. The van der Waals surface area contributed by atoms with Crippen molar-refractivity contribution in [2.75, 3.05) is 20.3 Å². The van der Waals surface area contributed by atoms with Crippen molar-refractivity contribution < 1.29 is 23.0 Å². The van der Waals surface area contributed by atoms with Crippen molar-refractivity contribution in [1.29, 1.82) is 0 Å². The Bertz CT molecular complexity index is 406. The predicted molar refractivity (Wildman–Crippen MR) is 66.0 cm³/mol. The first-order valence-electron chi connectivity index (χ1n) is 5.99. The van der Waals surface area contributed by atoms with E-state index >= 15 is 0 Å². The Morgan fingerprint density at radius 3 is 2.47 bits per heavy atom. The normalized spacial score (nSPS) is 12.0. The molecule has 0 amide bonds. The third kappa shape index (κ3) is 5.21. The summed E-state index contributed by atoms with van der Waals surface area (Å²) in [5.41, 5.74) is 0. The number of ether oxygens (including phenoxy) is 2. The molecule has 0 aliphatic heterocycles. The Hall–Kier alpha value is -1.69. The average Bonchev–Trinajstić information content (AvgIpc) is 2.33. The number of carbonyl (C=O) groups is 1. The maximum absolute atomic E-state index is 12.9. The molecule has 0 fully saturated rings. The number of hydrogen-bond donors (Lipinski definition) is 1. The van der Waals surface area contributed by atoms with Crippen LogP contribution in [-0.2, 0) is 9.53 Å². The van der Waals surface area contributed by atoms with Gasteiger partial charge in [-0.2, -0.15) is 0 Å². The third-order valence-corrected chi connectivity index (χ3v) is 2.43. The van der Waals surface area contributed by atoms with E-state index in [1.807, 2.05) is 0 Å². The van der Waals surface area contributed by atoms with Crippen molar-refractivity contribution in [2.24, 2.45) is 0 Å². The first-order chi connectivity index (χ1) is 9.06. The molecule has 0 saturated carbocycles. The highest BCUT2D eigenvalue weighted by Crippen LogP contribution is 2.15. The zero-order chi connectivity index (χ0) is 14.3. The Balaban J connectivity index is 2.45. The number of likely N-dealkylation sites (N-methyl/N-ethyl adjacent to an activating group) is 1. The maximum atomic E-state index is 12.9. The molecule has 0 heterocycles. The average molecular weight is 273 g/mol. The van der Waals surface area contributed by atoms with Gasteiger partial charge < -0.3 is 14.8 Å². The molecule has 1 atom stereocenters. The molecule has 1 N–H and O–H groups in total. The summed E-state index contributed by atoms with van der Waals surface area (Å²) in [5, 5.41) is 2.79. The number of carbonyl (C=O) groups excluding carboxylic acids is 1. The van der Waals surface area contributed by atoms with E-state index in [9.17, 15) is 13.6 Å². The van der Waals surface area contributed by atoms with Crippen LogP contribution in [0, 0.1) is 11.6 Å². The molecule has 4 nitrogen and oxygen atoms in total. The number of esters is 1.